The van der Waals surface area contributed by atoms with Gasteiger partial charge in [-0.2, -0.15) is 0 Å². The molecule has 0 radical (unpaired) electrons. The van der Waals surface area contributed by atoms with Crippen molar-refractivity contribution in [3.05, 3.63) is 0 Å². The molecule has 2 saturated heterocycles. The van der Waals surface area contributed by atoms with E-state index >= 15 is 0 Å². The SMILES string of the molecule is C[SiH2]O[C@@H]1[C@H](O[SiH2]C)CN2CCCC[C@]12O[SiH2]C. The highest BCUT2D eigenvalue weighted by Crippen LogP contribution is 2.41. The van der Waals surface area contributed by atoms with Gasteiger partial charge in [-0.15, -0.1) is 0 Å². The Hall–Kier alpha value is 0.491. The summed E-state index contributed by atoms with van der Waals surface area (Å²) in [5.41, 5.74) is -0.115. The molecule has 0 aromatic carbocycles. The van der Waals surface area contributed by atoms with Crippen molar-refractivity contribution in [3.63, 3.8) is 0 Å². The highest BCUT2D eigenvalue weighted by molar-refractivity contribution is 6.26. The van der Waals surface area contributed by atoms with E-state index in [9.17, 15) is 0 Å². The van der Waals surface area contributed by atoms with Crippen LogP contribution in [0.3, 0.4) is 0 Å². The molecule has 2 heterocycles. The van der Waals surface area contributed by atoms with Crippen LogP contribution in [0.15, 0.2) is 0 Å². The van der Waals surface area contributed by atoms with Crippen molar-refractivity contribution in [1.82, 2.24) is 4.90 Å². The van der Waals surface area contributed by atoms with Crippen LogP contribution in [-0.4, -0.2) is 65.2 Å². The second kappa shape index (κ2) is 6.78. The van der Waals surface area contributed by atoms with E-state index < -0.39 is 19.5 Å². The van der Waals surface area contributed by atoms with Crippen LogP contribution in [0, 0.1) is 0 Å². The summed E-state index contributed by atoms with van der Waals surface area (Å²) in [4.78, 5) is 2.52. The molecule has 0 aromatic rings. The van der Waals surface area contributed by atoms with Crippen molar-refractivity contribution < 1.29 is 13.3 Å². The molecule has 2 aliphatic heterocycles. The molecule has 0 aromatic heterocycles. The zero-order chi connectivity index (χ0) is 13.0. The van der Waals surface area contributed by atoms with Gasteiger partial charge in [-0.05, 0) is 19.3 Å². The van der Waals surface area contributed by atoms with Crippen molar-refractivity contribution in [3.8, 4) is 0 Å². The van der Waals surface area contributed by atoms with Crippen LogP contribution in [0.1, 0.15) is 19.3 Å². The molecule has 0 saturated carbocycles. The maximum Gasteiger partial charge on any atom is 0.161 e. The molecule has 0 unspecified atom stereocenters. The van der Waals surface area contributed by atoms with Gasteiger partial charge in [-0.3, -0.25) is 4.90 Å². The van der Waals surface area contributed by atoms with Gasteiger partial charge in [0.1, 0.15) is 11.8 Å². The van der Waals surface area contributed by atoms with E-state index in [4.69, 9.17) is 13.3 Å². The van der Waals surface area contributed by atoms with Crippen LogP contribution < -0.4 is 0 Å². The van der Waals surface area contributed by atoms with Gasteiger partial charge in [0.05, 0.1) is 6.10 Å². The van der Waals surface area contributed by atoms with Gasteiger partial charge in [0, 0.05) is 13.1 Å². The average molecular weight is 306 g/mol. The first-order valence-corrected chi connectivity index (χ1v) is 13.4. The maximum absolute atomic E-state index is 6.33. The van der Waals surface area contributed by atoms with Gasteiger partial charge in [-0.1, -0.05) is 19.6 Å². The molecular formula is C11H27NO3Si3. The largest absolute Gasteiger partial charge is 0.417 e. The molecule has 7 heteroatoms. The van der Waals surface area contributed by atoms with E-state index in [2.05, 4.69) is 24.5 Å². The molecule has 2 fully saturated rings. The zero-order valence-electron chi connectivity index (χ0n) is 12.0. The van der Waals surface area contributed by atoms with Crippen molar-refractivity contribution >= 4 is 29.3 Å². The average Bonchev–Trinajstić information content (AvgIpc) is 2.66. The minimum atomic E-state index is -0.426. The van der Waals surface area contributed by atoms with E-state index in [0.717, 1.165) is 19.5 Å². The fourth-order valence-electron chi connectivity index (χ4n) is 3.47. The number of nitrogens with zero attached hydrogens (tertiary/aromatic N) is 1. The highest BCUT2D eigenvalue weighted by atomic mass is 28.2. The fourth-order valence-corrected chi connectivity index (χ4v) is 6.00. The third-order valence-corrected chi connectivity index (χ3v) is 6.29. The minimum Gasteiger partial charge on any atom is -0.417 e. The molecule has 2 aliphatic rings. The maximum atomic E-state index is 6.33. The first-order valence-electron chi connectivity index (χ1n) is 7.40. The minimum absolute atomic E-state index is 0.115. The summed E-state index contributed by atoms with van der Waals surface area (Å²) < 4.78 is 18.6. The third kappa shape index (κ3) is 2.67. The fraction of sp³-hybridized carbons (Fsp3) is 1.00. The zero-order valence-corrected chi connectivity index (χ0v) is 16.2. The molecule has 106 valence electrons. The van der Waals surface area contributed by atoms with Crippen LogP contribution in [0.2, 0.25) is 19.6 Å². The molecule has 3 atom stereocenters. The first-order chi connectivity index (χ1) is 8.78. The van der Waals surface area contributed by atoms with Crippen molar-refractivity contribution in [1.29, 1.82) is 0 Å². The van der Waals surface area contributed by atoms with Gasteiger partial charge < -0.3 is 13.3 Å². The summed E-state index contributed by atoms with van der Waals surface area (Å²) in [6.07, 6.45) is 4.16. The molecule has 0 amide bonds. The Morgan fingerprint density at radius 2 is 1.83 bits per heavy atom. The smallest absolute Gasteiger partial charge is 0.161 e. The van der Waals surface area contributed by atoms with Crippen LogP contribution in [0.5, 0.6) is 0 Å². The monoisotopic (exact) mass is 305 g/mol. The Balaban J connectivity index is 2.20. The summed E-state index contributed by atoms with van der Waals surface area (Å²) in [7, 11) is -1.23. The number of piperidine rings is 1. The van der Waals surface area contributed by atoms with E-state index in [1.165, 1.54) is 12.8 Å². The quantitative estimate of drug-likeness (QED) is 0.611. The normalized spacial score (nSPS) is 38.8. The summed E-state index contributed by atoms with van der Waals surface area (Å²) in [5.74, 6) is 0. The van der Waals surface area contributed by atoms with Gasteiger partial charge in [-0.25, -0.2) is 0 Å². The van der Waals surface area contributed by atoms with E-state index in [-0.39, 0.29) is 27.7 Å². The summed E-state index contributed by atoms with van der Waals surface area (Å²) in [6.45, 7) is 8.83. The lowest BCUT2D eigenvalue weighted by Gasteiger charge is -2.45. The number of fused-ring (bicyclic) bond motifs is 1. The van der Waals surface area contributed by atoms with E-state index in [1.807, 2.05) is 0 Å². The summed E-state index contributed by atoms with van der Waals surface area (Å²) in [5, 5.41) is 0. The summed E-state index contributed by atoms with van der Waals surface area (Å²) >= 11 is 0. The van der Waals surface area contributed by atoms with Crippen LogP contribution >= 0.6 is 0 Å². The third-order valence-electron chi connectivity index (χ3n) is 4.05. The highest BCUT2D eigenvalue weighted by Gasteiger charge is 2.55. The topological polar surface area (TPSA) is 30.9 Å². The second-order valence-electron chi connectivity index (χ2n) is 5.05. The van der Waals surface area contributed by atoms with Gasteiger partial charge in [0.15, 0.2) is 29.3 Å². The molecule has 0 spiro atoms. The molecule has 2 rings (SSSR count). The van der Waals surface area contributed by atoms with Gasteiger partial charge >= 0.3 is 0 Å². The number of hydrogen-bond donors (Lipinski definition) is 0. The van der Waals surface area contributed by atoms with Crippen LogP contribution in [-0.2, 0) is 13.3 Å². The molecular weight excluding hydrogens is 278 g/mol. The van der Waals surface area contributed by atoms with Gasteiger partial charge in [0.25, 0.3) is 0 Å². The Morgan fingerprint density at radius 3 is 2.50 bits per heavy atom. The molecule has 4 nitrogen and oxygen atoms in total. The Labute approximate surface area is 118 Å². The molecule has 18 heavy (non-hydrogen) atoms. The van der Waals surface area contributed by atoms with E-state index in [1.54, 1.807) is 0 Å². The predicted molar refractivity (Wildman–Crippen MR) is 82.2 cm³/mol. The van der Waals surface area contributed by atoms with Crippen LogP contribution in [0.25, 0.3) is 0 Å². The Kier molecular flexibility index (Phi) is 5.61. The second-order valence-corrected chi connectivity index (χ2v) is 7.74. The van der Waals surface area contributed by atoms with Crippen molar-refractivity contribution in [2.24, 2.45) is 0 Å². The lowest BCUT2D eigenvalue weighted by molar-refractivity contribution is -0.137. The van der Waals surface area contributed by atoms with Crippen LogP contribution in [0.4, 0.5) is 0 Å². The van der Waals surface area contributed by atoms with Crippen molar-refractivity contribution in [2.45, 2.75) is 56.8 Å². The van der Waals surface area contributed by atoms with Crippen molar-refractivity contribution in [2.75, 3.05) is 13.1 Å². The number of hydrogen-bond acceptors (Lipinski definition) is 4. The number of rotatable bonds is 6. The Bertz CT molecular complexity index is 268. The molecule has 0 bridgehead atoms. The lowest BCUT2D eigenvalue weighted by Crippen LogP contribution is -2.57. The predicted octanol–water partition coefficient (Wildman–Crippen LogP) is -0.635. The summed E-state index contributed by atoms with van der Waals surface area (Å²) in [6, 6.07) is 0. The molecule has 0 N–H and O–H groups in total. The Morgan fingerprint density at radius 1 is 1.06 bits per heavy atom. The van der Waals surface area contributed by atoms with Gasteiger partial charge in [0.2, 0.25) is 0 Å². The van der Waals surface area contributed by atoms with E-state index in [0.29, 0.717) is 0 Å². The first kappa shape index (κ1) is 14.9. The molecule has 0 aliphatic carbocycles. The lowest BCUT2D eigenvalue weighted by atomic mass is 9.96. The standard InChI is InChI=1S/C11H27NO3Si3/c1-16-13-9-8-12-7-5-4-6-11(12,15-18-3)10(9)14-17-2/h9-10H,4-8,16-18H2,1-3H3/t9-,10-,11+/m1/s1.